The van der Waals surface area contributed by atoms with Gasteiger partial charge in [-0.1, -0.05) is 11.6 Å². The molecule has 28 heavy (non-hydrogen) atoms. The molecule has 1 saturated heterocycles. The zero-order valence-electron chi connectivity index (χ0n) is 15.8. The van der Waals surface area contributed by atoms with E-state index in [1.54, 1.807) is 36.4 Å². The molecule has 0 unspecified atom stereocenters. The Labute approximate surface area is 170 Å². The van der Waals surface area contributed by atoms with E-state index in [-0.39, 0.29) is 28.4 Å². The van der Waals surface area contributed by atoms with Crippen molar-refractivity contribution in [1.82, 2.24) is 0 Å². The van der Waals surface area contributed by atoms with Crippen molar-refractivity contribution in [2.45, 2.75) is 32.8 Å². The Morgan fingerprint density at radius 3 is 2.46 bits per heavy atom. The van der Waals surface area contributed by atoms with Crippen LogP contribution >= 0.6 is 11.6 Å². The number of anilines is 2. The summed E-state index contributed by atoms with van der Waals surface area (Å²) >= 11 is 6.28. The van der Waals surface area contributed by atoms with Gasteiger partial charge in [-0.3, -0.25) is 9.10 Å². The van der Waals surface area contributed by atoms with Crippen LogP contribution in [0.3, 0.4) is 0 Å². The van der Waals surface area contributed by atoms with Gasteiger partial charge in [0, 0.05) is 12.2 Å². The maximum atomic E-state index is 12.6. The van der Waals surface area contributed by atoms with E-state index in [4.69, 9.17) is 16.3 Å². The van der Waals surface area contributed by atoms with Gasteiger partial charge in [0.2, 0.25) is 10.0 Å². The molecule has 0 saturated carbocycles. The first-order chi connectivity index (χ1) is 13.3. The summed E-state index contributed by atoms with van der Waals surface area (Å²) in [7, 11) is -3.33. The molecule has 0 atom stereocenters. The Morgan fingerprint density at radius 2 is 1.86 bits per heavy atom. The molecule has 0 bridgehead atoms. The SMILES string of the molecule is CC(C)Oc1ccc(NC(=O)c2ccc(N3CCCCS3(=O)=O)cc2Cl)cc1. The second-order valence-corrected chi connectivity index (χ2v) is 9.32. The lowest BCUT2D eigenvalue weighted by Gasteiger charge is -2.28. The van der Waals surface area contributed by atoms with Crippen LogP contribution in [0.25, 0.3) is 0 Å². The number of rotatable bonds is 5. The van der Waals surface area contributed by atoms with Crippen LogP contribution in [0.4, 0.5) is 11.4 Å². The molecular formula is C20H23ClN2O4S. The topological polar surface area (TPSA) is 75.7 Å². The number of carbonyl (C=O) groups is 1. The van der Waals surface area contributed by atoms with Crippen molar-refractivity contribution in [1.29, 1.82) is 0 Å². The van der Waals surface area contributed by atoms with Crippen molar-refractivity contribution in [2.75, 3.05) is 21.9 Å². The fourth-order valence-electron chi connectivity index (χ4n) is 3.01. The fourth-order valence-corrected chi connectivity index (χ4v) is 4.90. The molecule has 0 spiro atoms. The van der Waals surface area contributed by atoms with Crippen LogP contribution in [-0.4, -0.2) is 32.7 Å². The highest BCUT2D eigenvalue weighted by Crippen LogP contribution is 2.29. The Hall–Kier alpha value is -2.25. The molecule has 1 aliphatic rings. The maximum absolute atomic E-state index is 12.6. The Balaban J connectivity index is 1.74. The van der Waals surface area contributed by atoms with Crippen LogP contribution in [0.15, 0.2) is 42.5 Å². The summed E-state index contributed by atoms with van der Waals surface area (Å²) in [6.07, 6.45) is 1.53. The number of hydrogen-bond donors (Lipinski definition) is 1. The largest absolute Gasteiger partial charge is 0.491 e. The van der Waals surface area contributed by atoms with Crippen LogP contribution in [-0.2, 0) is 10.0 Å². The molecule has 0 radical (unpaired) electrons. The van der Waals surface area contributed by atoms with E-state index in [0.29, 0.717) is 24.3 Å². The third-order valence-electron chi connectivity index (χ3n) is 4.32. The standard InChI is InChI=1S/C20H23ClN2O4S/c1-14(2)27-17-8-5-15(6-9-17)22-20(24)18-10-7-16(13-19(18)21)23-11-3-4-12-28(23,25)26/h5-10,13-14H,3-4,11-12H2,1-2H3,(H,22,24). The normalized spacial score (nSPS) is 16.1. The van der Waals surface area contributed by atoms with Gasteiger partial charge in [0.05, 0.1) is 28.1 Å². The molecule has 1 amide bonds. The van der Waals surface area contributed by atoms with Gasteiger partial charge in [-0.05, 0) is 69.2 Å². The molecule has 1 fully saturated rings. The Bertz CT molecular complexity index is 959. The van der Waals surface area contributed by atoms with Crippen molar-refractivity contribution < 1.29 is 17.9 Å². The number of nitrogens with zero attached hydrogens (tertiary/aromatic N) is 1. The molecular weight excluding hydrogens is 400 g/mol. The minimum atomic E-state index is -3.33. The average Bonchev–Trinajstić information content (AvgIpc) is 2.62. The minimum Gasteiger partial charge on any atom is -0.491 e. The van der Waals surface area contributed by atoms with Crippen molar-refractivity contribution in [2.24, 2.45) is 0 Å². The molecule has 150 valence electrons. The maximum Gasteiger partial charge on any atom is 0.257 e. The lowest BCUT2D eigenvalue weighted by atomic mass is 10.1. The van der Waals surface area contributed by atoms with Gasteiger partial charge in [0.25, 0.3) is 5.91 Å². The van der Waals surface area contributed by atoms with Crippen LogP contribution < -0.4 is 14.4 Å². The second kappa shape index (κ2) is 8.41. The highest BCUT2D eigenvalue weighted by atomic mass is 35.5. The van der Waals surface area contributed by atoms with E-state index in [9.17, 15) is 13.2 Å². The molecule has 1 heterocycles. The number of benzene rings is 2. The monoisotopic (exact) mass is 422 g/mol. The first kappa shape index (κ1) is 20.5. The number of carbonyl (C=O) groups excluding carboxylic acids is 1. The van der Waals surface area contributed by atoms with Crippen molar-refractivity contribution in [3.8, 4) is 5.75 Å². The van der Waals surface area contributed by atoms with Crippen molar-refractivity contribution in [3.63, 3.8) is 0 Å². The van der Waals surface area contributed by atoms with Crippen LogP contribution in [0.5, 0.6) is 5.75 Å². The lowest BCUT2D eigenvalue weighted by Crippen LogP contribution is -2.37. The summed E-state index contributed by atoms with van der Waals surface area (Å²) in [4.78, 5) is 12.6. The van der Waals surface area contributed by atoms with Crippen molar-refractivity contribution in [3.05, 3.63) is 53.1 Å². The number of amides is 1. The quantitative estimate of drug-likeness (QED) is 0.778. The summed E-state index contributed by atoms with van der Waals surface area (Å²) in [5, 5.41) is 2.99. The van der Waals surface area contributed by atoms with Gasteiger partial charge in [0.1, 0.15) is 5.75 Å². The second-order valence-electron chi connectivity index (χ2n) is 6.90. The van der Waals surface area contributed by atoms with E-state index in [1.165, 1.54) is 10.4 Å². The molecule has 3 rings (SSSR count). The van der Waals surface area contributed by atoms with E-state index in [2.05, 4.69) is 5.32 Å². The smallest absolute Gasteiger partial charge is 0.257 e. The van der Waals surface area contributed by atoms with Gasteiger partial charge in [-0.25, -0.2) is 8.42 Å². The Kier molecular flexibility index (Phi) is 6.15. The van der Waals surface area contributed by atoms with Gasteiger partial charge in [0.15, 0.2) is 0 Å². The highest BCUT2D eigenvalue weighted by Gasteiger charge is 2.26. The summed E-state index contributed by atoms with van der Waals surface area (Å²) < 4.78 is 31.4. The molecule has 2 aromatic rings. The third-order valence-corrected chi connectivity index (χ3v) is 6.50. The predicted octanol–water partition coefficient (Wildman–Crippen LogP) is 4.31. The van der Waals surface area contributed by atoms with Gasteiger partial charge >= 0.3 is 0 Å². The van der Waals surface area contributed by atoms with Crippen molar-refractivity contribution >= 4 is 38.9 Å². The zero-order valence-corrected chi connectivity index (χ0v) is 17.4. The van der Waals surface area contributed by atoms with E-state index in [0.717, 1.165) is 12.2 Å². The number of ether oxygens (including phenoxy) is 1. The number of sulfonamides is 1. The summed E-state index contributed by atoms with van der Waals surface area (Å²) in [5.74, 6) is 0.484. The molecule has 2 aromatic carbocycles. The lowest BCUT2D eigenvalue weighted by molar-refractivity contribution is 0.102. The molecule has 0 aromatic heterocycles. The molecule has 6 nitrogen and oxygen atoms in total. The van der Waals surface area contributed by atoms with Crippen LogP contribution in [0.1, 0.15) is 37.0 Å². The van der Waals surface area contributed by atoms with E-state index < -0.39 is 10.0 Å². The van der Waals surface area contributed by atoms with E-state index in [1.807, 2.05) is 13.8 Å². The van der Waals surface area contributed by atoms with Crippen LogP contribution in [0.2, 0.25) is 5.02 Å². The zero-order chi connectivity index (χ0) is 20.3. The van der Waals surface area contributed by atoms with Crippen LogP contribution in [0, 0.1) is 0 Å². The molecule has 8 heteroatoms. The Morgan fingerprint density at radius 1 is 1.14 bits per heavy atom. The first-order valence-corrected chi connectivity index (χ1v) is 11.1. The average molecular weight is 423 g/mol. The summed E-state index contributed by atoms with van der Waals surface area (Å²) in [6, 6.07) is 11.7. The summed E-state index contributed by atoms with van der Waals surface area (Å²) in [6.45, 7) is 4.31. The van der Waals surface area contributed by atoms with Gasteiger partial charge in [-0.15, -0.1) is 0 Å². The van der Waals surface area contributed by atoms with Gasteiger partial charge in [-0.2, -0.15) is 0 Å². The fraction of sp³-hybridized carbons (Fsp3) is 0.350. The minimum absolute atomic E-state index is 0.0708. The third kappa shape index (κ3) is 4.77. The summed E-state index contributed by atoms with van der Waals surface area (Å²) in [5.41, 5.74) is 1.37. The number of halogens is 1. The van der Waals surface area contributed by atoms with Gasteiger partial charge < -0.3 is 10.1 Å². The number of hydrogen-bond acceptors (Lipinski definition) is 4. The first-order valence-electron chi connectivity index (χ1n) is 9.14. The molecule has 1 N–H and O–H groups in total. The van der Waals surface area contributed by atoms with E-state index >= 15 is 0 Å². The predicted molar refractivity (Wildman–Crippen MR) is 112 cm³/mol. The molecule has 1 aliphatic heterocycles. The molecule has 0 aliphatic carbocycles. The number of nitrogens with one attached hydrogen (secondary N) is 1. The highest BCUT2D eigenvalue weighted by molar-refractivity contribution is 7.92.